The van der Waals surface area contributed by atoms with E-state index in [9.17, 15) is 10.1 Å². The molecule has 1 aromatic carbocycles. The van der Waals surface area contributed by atoms with Crippen LogP contribution in [0.1, 0.15) is 33.3 Å². The van der Waals surface area contributed by atoms with E-state index in [4.69, 9.17) is 0 Å². The topological polar surface area (TPSA) is 43.1 Å². The van der Waals surface area contributed by atoms with Gasteiger partial charge in [-0.2, -0.15) is 0 Å². The summed E-state index contributed by atoms with van der Waals surface area (Å²) in [4.78, 5) is 9.85. The highest BCUT2D eigenvalue weighted by Crippen LogP contribution is 2.20. The van der Waals surface area contributed by atoms with Crippen LogP contribution in [0.25, 0.3) is 0 Å². The van der Waals surface area contributed by atoms with Gasteiger partial charge < -0.3 is 0 Å². The lowest BCUT2D eigenvalue weighted by Gasteiger charge is -1.95. The zero-order valence-corrected chi connectivity index (χ0v) is 11.5. The van der Waals surface area contributed by atoms with E-state index in [0.717, 1.165) is 10.0 Å². The fourth-order valence-corrected chi connectivity index (χ4v) is 0.989. The van der Waals surface area contributed by atoms with Crippen LogP contribution in [0.2, 0.25) is 0 Å². The highest BCUT2D eigenvalue weighted by atomic mass is 79.9. The van der Waals surface area contributed by atoms with Gasteiger partial charge in [0.1, 0.15) is 0 Å². The highest BCUT2D eigenvalue weighted by molar-refractivity contribution is 9.10. The molecule has 0 radical (unpaired) electrons. The maximum absolute atomic E-state index is 10.3. The number of hydrogen-bond donors (Lipinski definition) is 0. The van der Waals surface area contributed by atoms with Crippen molar-refractivity contribution in [3.63, 3.8) is 0 Å². The Morgan fingerprint density at radius 2 is 1.67 bits per heavy atom. The van der Waals surface area contributed by atoms with Gasteiger partial charge in [-0.05, 0) is 18.6 Å². The molecule has 86 valence electrons. The van der Waals surface area contributed by atoms with Gasteiger partial charge in [-0.25, -0.2) is 0 Å². The fourth-order valence-electron chi connectivity index (χ4n) is 0.742. The summed E-state index contributed by atoms with van der Waals surface area (Å²) in [5, 5.41) is 10.3. The Hall–Kier alpha value is -0.900. The summed E-state index contributed by atoms with van der Waals surface area (Å²) in [5.41, 5.74) is 1.00. The quantitative estimate of drug-likeness (QED) is 0.550. The van der Waals surface area contributed by atoms with E-state index in [2.05, 4.69) is 15.9 Å². The molecule has 1 aromatic rings. The van der Waals surface area contributed by atoms with Gasteiger partial charge in [0.05, 0.1) is 4.92 Å². The van der Waals surface area contributed by atoms with E-state index in [1.165, 1.54) is 12.1 Å². The van der Waals surface area contributed by atoms with E-state index in [1.54, 1.807) is 6.07 Å². The molecule has 3 nitrogen and oxygen atoms in total. The van der Waals surface area contributed by atoms with Gasteiger partial charge in [0, 0.05) is 16.6 Å². The van der Waals surface area contributed by atoms with Crippen LogP contribution in [0.3, 0.4) is 0 Å². The Morgan fingerprint density at radius 3 is 2.00 bits per heavy atom. The van der Waals surface area contributed by atoms with Gasteiger partial charge >= 0.3 is 0 Å². The molecule has 0 aliphatic heterocycles. The normalized spacial score (nSPS) is 7.87. The summed E-state index contributed by atoms with van der Waals surface area (Å²) in [6, 6.07) is 4.68. The van der Waals surface area contributed by atoms with E-state index in [0.29, 0.717) is 0 Å². The molecule has 0 atom stereocenters. The summed E-state index contributed by atoms with van der Waals surface area (Å²) in [7, 11) is 0. The Labute approximate surface area is 99.8 Å². The Bertz CT molecular complexity index is 301. The summed E-state index contributed by atoms with van der Waals surface area (Å²) >= 11 is 3.26. The second-order valence-corrected chi connectivity index (χ2v) is 3.04. The molecular formula is C11H18BrNO2. The van der Waals surface area contributed by atoms with E-state index in [1.807, 2.05) is 34.6 Å². The number of rotatable bonds is 1. The average molecular weight is 276 g/mol. The smallest absolute Gasteiger partial charge is 0.258 e. The number of nitro benzene ring substituents is 1. The van der Waals surface area contributed by atoms with E-state index >= 15 is 0 Å². The lowest BCUT2D eigenvalue weighted by molar-refractivity contribution is -0.384. The van der Waals surface area contributed by atoms with Crippen LogP contribution in [0.5, 0.6) is 0 Å². The number of aryl methyl sites for hydroxylation is 1. The summed E-state index contributed by atoms with van der Waals surface area (Å²) < 4.78 is 0.892. The Balaban J connectivity index is 0. The zero-order valence-electron chi connectivity index (χ0n) is 9.87. The maximum atomic E-state index is 10.3. The number of non-ortho nitro benzene ring substituents is 1. The average Bonchev–Trinajstić information content (AvgIpc) is 2.27. The molecule has 1 rings (SSSR count). The van der Waals surface area contributed by atoms with E-state index < -0.39 is 4.92 Å². The SMILES string of the molecule is CC.CC.Cc1cc([N+](=O)[O-])ccc1Br. The number of nitrogens with zero attached hydrogens (tertiary/aromatic N) is 1. The first-order valence-corrected chi connectivity index (χ1v) is 5.81. The number of hydrogen-bond acceptors (Lipinski definition) is 2. The van der Waals surface area contributed by atoms with Gasteiger partial charge in [-0.1, -0.05) is 43.6 Å². The van der Waals surface area contributed by atoms with Crippen molar-refractivity contribution in [3.8, 4) is 0 Å². The third-order valence-corrected chi connectivity index (χ3v) is 2.24. The van der Waals surface area contributed by atoms with Crippen molar-refractivity contribution in [3.05, 3.63) is 38.3 Å². The first-order chi connectivity index (χ1) is 7.11. The van der Waals surface area contributed by atoms with Crippen LogP contribution >= 0.6 is 15.9 Å². The second-order valence-electron chi connectivity index (χ2n) is 2.19. The third kappa shape index (κ3) is 6.23. The molecule has 4 heteroatoms. The van der Waals surface area contributed by atoms with Crippen LogP contribution < -0.4 is 0 Å². The number of halogens is 1. The van der Waals surface area contributed by atoms with Gasteiger partial charge in [-0.3, -0.25) is 10.1 Å². The molecule has 0 saturated heterocycles. The molecule has 0 amide bonds. The molecule has 0 bridgehead atoms. The summed E-state index contributed by atoms with van der Waals surface area (Å²) in [6.45, 7) is 9.82. The minimum absolute atomic E-state index is 0.130. The van der Waals surface area contributed by atoms with Gasteiger partial charge in [0.15, 0.2) is 0 Å². The Morgan fingerprint density at radius 1 is 1.20 bits per heavy atom. The number of benzene rings is 1. The van der Waals surface area contributed by atoms with Crippen molar-refractivity contribution in [2.75, 3.05) is 0 Å². The predicted molar refractivity (Wildman–Crippen MR) is 68.2 cm³/mol. The lowest BCUT2D eigenvalue weighted by Crippen LogP contribution is -1.88. The van der Waals surface area contributed by atoms with Gasteiger partial charge in [0.2, 0.25) is 0 Å². The van der Waals surface area contributed by atoms with Crippen molar-refractivity contribution in [2.24, 2.45) is 0 Å². The molecule has 0 spiro atoms. The van der Waals surface area contributed by atoms with E-state index in [-0.39, 0.29) is 5.69 Å². The molecule has 0 fully saturated rings. The standard InChI is InChI=1S/C7H6BrNO2.2C2H6/c1-5-4-6(9(10)11)2-3-7(5)8;2*1-2/h2-4H,1H3;2*1-2H3. The largest absolute Gasteiger partial charge is 0.269 e. The van der Waals surface area contributed by atoms with Crippen molar-refractivity contribution in [2.45, 2.75) is 34.6 Å². The van der Waals surface area contributed by atoms with Crippen molar-refractivity contribution in [1.82, 2.24) is 0 Å². The molecule has 0 aliphatic carbocycles. The second kappa shape index (κ2) is 9.65. The molecule has 0 aliphatic rings. The highest BCUT2D eigenvalue weighted by Gasteiger charge is 2.05. The van der Waals surface area contributed by atoms with Crippen LogP contribution in [0, 0.1) is 17.0 Å². The lowest BCUT2D eigenvalue weighted by atomic mass is 10.2. The van der Waals surface area contributed by atoms with Crippen LogP contribution in [-0.4, -0.2) is 4.92 Å². The van der Waals surface area contributed by atoms with Crippen LogP contribution in [0.15, 0.2) is 22.7 Å². The van der Waals surface area contributed by atoms with Gasteiger partial charge in [0.25, 0.3) is 5.69 Å². The Kier molecular flexibility index (Phi) is 10.6. The van der Waals surface area contributed by atoms with Crippen LogP contribution in [0.4, 0.5) is 5.69 Å². The zero-order chi connectivity index (χ0) is 12.4. The van der Waals surface area contributed by atoms with Crippen LogP contribution in [-0.2, 0) is 0 Å². The maximum Gasteiger partial charge on any atom is 0.269 e. The first-order valence-electron chi connectivity index (χ1n) is 5.02. The fraction of sp³-hybridized carbons (Fsp3) is 0.455. The molecule has 0 aromatic heterocycles. The third-order valence-electron chi connectivity index (χ3n) is 1.35. The predicted octanol–water partition coefficient (Wildman–Crippen LogP) is 4.72. The number of nitro groups is 1. The monoisotopic (exact) mass is 275 g/mol. The molecule has 0 heterocycles. The minimum atomic E-state index is -0.403. The molecule has 0 N–H and O–H groups in total. The minimum Gasteiger partial charge on any atom is -0.258 e. The first kappa shape index (κ1) is 16.5. The molecule has 0 saturated carbocycles. The van der Waals surface area contributed by atoms with Gasteiger partial charge in [-0.15, -0.1) is 0 Å². The molecule has 15 heavy (non-hydrogen) atoms. The van der Waals surface area contributed by atoms with Crippen molar-refractivity contribution in [1.29, 1.82) is 0 Å². The van der Waals surface area contributed by atoms with Crippen molar-refractivity contribution < 1.29 is 4.92 Å². The molecule has 0 unspecified atom stereocenters. The van der Waals surface area contributed by atoms with Crippen molar-refractivity contribution >= 4 is 21.6 Å². The summed E-state index contributed by atoms with van der Waals surface area (Å²) in [6.07, 6.45) is 0. The summed E-state index contributed by atoms with van der Waals surface area (Å²) in [5.74, 6) is 0. The molecular weight excluding hydrogens is 258 g/mol.